The molecule has 0 heterocycles. The van der Waals surface area contributed by atoms with Gasteiger partial charge in [0.15, 0.2) is 0 Å². The molecule has 0 amide bonds. The van der Waals surface area contributed by atoms with Crippen molar-refractivity contribution >= 4 is 5.69 Å². The average molecular weight is 167 g/mol. The highest BCUT2D eigenvalue weighted by Gasteiger charge is 2.07. The van der Waals surface area contributed by atoms with Crippen LogP contribution in [0.5, 0.6) is 5.75 Å². The summed E-state index contributed by atoms with van der Waals surface area (Å²) in [7, 11) is 0. The Labute approximate surface area is 71.0 Å². The molecule has 4 heteroatoms. The summed E-state index contributed by atoms with van der Waals surface area (Å²) < 4.78 is 0. The first kappa shape index (κ1) is 8.83. The molecule has 0 aliphatic carbocycles. The fourth-order valence-electron chi connectivity index (χ4n) is 1.01. The molecule has 0 aliphatic heterocycles. The van der Waals surface area contributed by atoms with Gasteiger partial charge in [0.1, 0.15) is 5.75 Å². The van der Waals surface area contributed by atoms with E-state index in [1.807, 2.05) is 0 Å². The van der Waals surface area contributed by atoms with E-state index in [1.165, 1.54) is 12.1 Å². The monoisotopic (exact) mass is 167 g/mol. The van der Waals surface area contributed by atoms with E-state index in [2.05, 4.69) is 0 Å². The molecule has 0 saturated carbocycles. The molecule has 1 atom stereocenters. The second-order valence-electron chi connectivity index (χ2n) is 2.66. The molecule has 0 aliphatic rings. The van der Waals surface area contributed by atoms with E-state index in [0.29, 0.717) is 17.8 Å². The molecule has 0 fully saturated rings. The molecular formula is C8H13N3O. The second kappa shape index (κ2) is 3.42. The summed E-state index contributed by atoms with van der Waals surface area (Å²) in [6.07, 6.45) is 0. The summed E-state index contributed by atoms with van der Waals surface area (Å²) in [5.74, 6) is 0.156. The molecule has 7 N–H and O–H groups in total. The summed E-state index contributed by atoms with van der Waals surface area (Å²) in [4.78, 5) is 0. The van der Waals surface area contributed by atoms with Gasteiger partial charge in [-0.3, -0.25) is 0 Å². The highest BCUT2D eigenvalue weighted by molar-refractivity contribution is 5.51. The van der Waals surface area contributed by atoms with Crippen molar-refractivity contribution in [1.29, 1.82) is 0 Å². The Balaban J connectivity index is 3.04. The Hall–Kier alpha value is -1.26. The van der Waals surface area contributed by atoms with Crippen LogP contribution in [0, 0.1) is 0 Å². The summed E-state index contributed by atoms with van der Waals surface area (Å²) in [5.41, 5.74) is 17.9. The zero-order chi connectivity index (χ0) is 9.14. The molecule has 0 aromatic heterocycles. The summed E-state index contributed by atoms with van der Waals surface area (Å²) in [6, 6.07) is 4.35. The predicted octanol–water partition coefficient (Wildman–Crippen LogP) is -0.0671. The Kier molecular flexibility index (Phi) is 2.52. The Bertz CT molecular complexity index is 275. The van der Waals surface area contributed by atoms with Gasteiger partial charge in [-0.05, 0) is 23.8 Å². The molecule has 66 valence electrons. The van der Waals surface area contributed by atoms with Gasteiger partial charge >= 0.3 is 0 Å². The third-order valence-electron chi connectivity index (χ3n) is 1.72. The number of benzene rings is 1. The zero-order valence-corrected chi connectivity index (χ0v) is 6.70. The minimum atomic E-state index is -0.308. The van der Waals surface area contributed by atoms with Crippen molar-refractivity contribution in [3.8, 4) is 5.75 Å². The van der Waals surface area contributed by atoms with Gasteiger partial charge in [0.2, 0.25) is 0 Å². The highest BCUT2D eigenvalue weighted by Crippen LogP contribution is 2.22. The quantitative estimate of drug-likeness (QED) is 0.366. The Morgan fingerprint density at radius 1 is 1.42 bits per heavy atom. The van der Waals surface area contributed by atoms with Gasteiger partial charge in [-0.2, -0.15) is 0 Å². The van der Waals surface area contributed by atoms with Gasteiger partial charge in [-0.25, -0.2) is 0 Å². The molecule has 0 bridgehead atoms. The second-order valence-corrected chi connectivity index (χ2v) is 2.66. The van der Waals surface area contributed by atoms with E-state index < -0.39 is 0 Å². The molecule has 1 aromatic carbocycles. The maximum atomic E-state index is 9.13. The lowest BCUT2D eigenvalue weighted by molar-refractivity contribution is 0.474. The van der Waals surface area contributed by atoms with Crippen molar-refractivity contribution in [2.75, 3.05) is 12.3 Å². The standard InChI is InChI=1S/C8H13N3O/c9-4-8(11)6-3-5(12)1-2-7(6)10/h1-3,8,12H,4,9-11H2. The predicted molar refractivity (Wildman–Crippen MR) is 48.5 cm³/mol. The fraction of sp³-hybridized carbons (Fsp3) is 0.250. The summed E-state index contributed by atoms with van der Waals surface area (Å²) >= 11 is 0. The number of phenolic OH excluding ortho intramolecular Hbond substituents is 1. The highest BCUT2D eigenvalue weighted by atomic mass is 16.3. The van der Waals surface area contributed by atoms with Gasteiger partial charge in [-0.15, -0.1) is 0 Å². The minimum absolute atomic E-state index is 0.156. The molecule has 1 rings (SSSR count). The lowest BCUT2D eigenvalue weighted by Gasteiger charge is -2.11. The van der Waals surface area contributed by atoms with Crippen molar-refractivity contribution in [2.45, 2.75) is 6.04 Å². The first-order chi connectivity index (χ1) is 5.65. The number of phenols is 1. The maximum absolute atomic E-state index is 9.13. The van der Waals surface area contributed by atoms with Gasteiger partial charge in [-0.1, -0.05) is 0 Å². The van der Waals surface area contributed by atoms with Crippen LogP contribution in [0.4, 0.5) is 5.69 Å². The van der Waals surface area contributed by atoms with Crippen molar-refractivity contribution in [3.63, 3.8) is 0 Å². The van der Waals surface area contributed by atoms with Crippen molar-refractivity contribution in [2.24, 2.45) is 11.5 Å². The van der Waals surface area contributed by atoms with Crippen LogP contribution in [-0.2, 0) is 0 Å². The number of rotatable bonds is 2. The smallest absolute Gasteiger partial charge is 0.116 e. The minimum Gasteiger partial charge on any atom is -0.508 e. The van der Waals surface area contributed by atoms with Crippen molar-refractivity contribution in [1.82, 2.24) is 0 Å². The summed E-state index contributed by atoms with van der Waals surface area (Å²) in [6.45, 7) is 0.313. The third-order valence-corrected chi connectivity index (χ3v) is 1.72. The Morgan fingerprint density at radius 2 is 2.08 bits per heavy atom. The molecule has 4 nitrogen and oxygen atoms in total. The lowest BCUT2D eigenvalue weighted by atomic mass is 10.1. The number of hydrogen-bond acceptors (Lipinski definition) is 4. The fourth-order valence-corrected chi connectivity index (χ4v) is 1.01. The van der Waals surface area contributed by atoms with Crippen LogP contribution in [0.25, 0.3) is 0 Å². The van der Waals surface area contributed by atoms with Crippen LogP contribution < -0.4 is 17.2 Å². The van der Waals surface area contributed by atoms with E-state index in [1.54, 1.807) is 6.07 Å². The number of hydrogen-bond donors (Lipinski definition) is 4. The average Bonchev–Trinajstić information content (AvgIpc) is 2.08. The maximum Gasteiger partial charge on any atom is 0.116 e. The van der Waals surface area contributed by atoms with Gasteiger partial charge in [0.05, 0.1) is 0 Å². The largest absolute Gasteiger partial charge is 0.508 e. The SMILES string of the molecule is NCC(N)c1cc(O)ccc1N. The van der Waals surface area contributed by atoms with Crippen LogP contribution in [0.3, 0.4) is 0 Å². The van der Waals surface area contributed by atoms with Gasteiger partial charge in [0, 0.05) is 18.3 Å². The molecule has 1 unspecified atom stereocenters. The molecule has 0 spiro atoms. The molecule has 12 heavy (non-hydrogen) atoms. The van der Waals surface area contributed by atoms with Crippen molar-refractivity contribution < 1.29 is 5.11 Å². The van der Waals surface area contributed by atoms with E-state index in [-0.39, 0.29) is 11.8 Å². The zero-order valence-electron chi connectivity index (χ0n) is 6.70. The number of anilines is 1. The number of aromatic hydroxyl groups is 1. The number of nitrogens with two attached hydrogens (primary N) is 3. The van der Waals surface area contributed by atoms with Crippen molar-refractivity contribution in [3.05, 3.63) is 23.8 Å². The van der Waals surface area contributed by atoms with Crippen LogP contribution in [0.2, 0.25) is 0 Å². The van der Waals surface area contributed by atoms with Gasteiger partial charge < -0.3 is 22.3 Å². The Morgan fingerprint density at radius 3 is 2.67 bits per heavy atom. The van der Waals surface area contributed by atoms with E-state index in [4.69, 9.17) is 22.3 Å². The molecule has 0 radical (unpaired) electrons. The first-order valence-corrected chi connectivity index (χ1v) is 3.69. The topological polar surface area (TPSA) is 98.3 Å². The third kappa shape index (κ3) is 1.66. The first-order valence-electron chi connectivity index (χ1n) is 3.69. The molecule has 1 aromatic rings. The van der Waals surface area contributed by atoms with Crippen LogP contribution in [0.1, 0.15) is 11.6 Å². The van der Waals surface area contributed by atoms with Crippen LogP contribution in [-0.4, -0.2) is 11.7 Å². The summed E-state index contributed by atoms with van der Waals surface area (Å²) in [5, 5.41) is 9.13. The number of nitrogen functional groups attached to an aromatic ring is 1. The van der Waals surface area contributed by atoms with E-state index in [9.17, 15) is 0 Å². The van der Waals surface area contributed by atoms with E-state index in [0.717, 1.165) is 0 Å². The molecule has 0 saturated heterocycles. The van der Waals surface area contributed by atoms with Crippen LogP contribution >= 0.6 is 0 Å². The van der Waals surface area contributed by atoms with Gasteiger partial charge in [0.25, 0.3) is 0 Å². The van der Waals surface area contributed by atoms with E-state index >= 15 is 0 Å². The molecular weight excluding hydrogens is 154 g/mol. The van der Waals surface area contributed by atoms with Crippen LogP contribution in [0.15, 0.2) is 18.2 Å². The normalized spacial score (nSPS) is 12.8. The lowest BCUT2D eigenvalue weighted by Crippen LogP contribution is -2.21.